The normalized spacial score (nSPS) is 20.6. The maximum atomic E-state index is 13.0. The average Bonchev–Trinajstić information content (AvgIpc) is 3.05. The lowest BCUT2D eigenvalue weighted by molar-refractivity contribution is -0.892. The number of nitriles is 1. The molecule has 0 unspecified atom stereocenters. The van der Waals surface area contributed by atoms with E-state index in [1.165, 1.54) is 17.0 Å². The summed E-state index contributed by atoms with van der Waals surface area (Å²) in [5, 5.41) is 12.3. The SMILES string of the molecule is N#CC1(NC(=O)C[NH+]2CCN(c3ccc(F)cc3)CC2)CCCC1. The molecule has 3 rings (SSSR count). The fourth-order valence-corrected chi connectivity index (χ4v) is 3.69. The minimum absolute atomic E-state index is 0.0244. The van der Waals surface area contributed by atoms with Crippen molar-refractivity contribution in [2.24, 2.45) is 0 Å². The van der Waals surface area contributed by atoms with Crippen molar-refractivity contribution in [3.8, 4) is 6.07 Å². The van der Waals surface area contributed by atoms with E-state index in [1.54, 1.807) is 12.1 Å². The number of anilines is 1. The molecular weight excluding hydrogens is 307 g/mol. The van der Waals surface area contributed by atoms with Crippen molar-refractivity contribution in [2.45, 2.75) is 31.2 Å². The number of hydrogen-bond donors (Lipinski definition) is 2. The van der Waals surface area contributed by atoms with Crippen molar-refractivity contribution in [1.82, 2.24) is 5.32 Å². The molecule has 1 aromatic carbocycles. The Bertz CT molecular complexity index is 611. The van der Waals surface area contributed by atoms with Crippen LogP contribution in [0.15, 0.2) is 24.3 Å². The van der Waals surface area contributed by atoms with Crippen LogP contribution in [0.1, 0.15) is 25.7 Å². The van der Waals surface area contributed by atoms with Crippen molar-refractivity contribution in [2.75, 3.05) is 37.6 Å². The first-order valence-electron chi connectivity index (χ1n) is 8.67. The predicted molar refractivity (Wildman–Crippen MR) is 89.1 cm³/mol. The molecular formula is C18H24FN4O+. The van der Waals surface area contributed by atoms with Gasteiger partial charge in [-0.05, 0) is 49.9 Å². The van der Waals surface area contributed by atoms with Crippen LogP contribution < -0.4 is 15.1 Å². The van der Waals surface area contributed by atoms with Crippen LogP contribution >= 0.6 is 0 Å². The Labute approximate surface area is 142 Å². The number of carbonyl (C=O) groups excluding carboxylic acids is 1. The van der Waals surface area contributed by atoms with Gasteiger partial charge in [0.2, 0.25) is 0 Å². The Kier molecular flexibility index (Phi) is 5.00. The van der Waals surface area contributed by atoms with Gasteiger partial charge in [-0.2, -0.15) is 5.26 Å². The van der Waals surface area contributed by atoms with Gasteiger partial charge >= 0.3 is 0 Å². The van der Waals surface area contributed by atoms with E-state index >= 15 is 0 Å². The summed E-state index contributed by atoms with van der Waals surface area (Å²) in [6, 6.07) is 8.84. The molecule has 5 nitrogen and oxygen atoms in total. The molecule has 6 heteroatoms. The molecule has 1 heterocycles. The summed E-state index contributed by atoms with van der Waals surface area (Å²) in [6.45, 7) is 3.84. The number of carbonyl (C=O) groups is 1. The summed E-state index contributed by atoms with van der Waals surface area (Å²) in [6.07, 6.45) is 3.56. The van der Waals surface area contributed by atoms with E-state index in [9.17, 15) is 14.4 Å². The smallest absolute Gasteiger partial charge is 0.276 e. The second-order valence-corrected chi connectivity index (χ2v) is 6.84. The van der Waals surface area contributed by atoms with E-state index in [2.05, 4.69) is 16.3 Å². The lowest BCUT2D eigenvalue weighted by Gasteiger charge is -2.33. The number of benzene rings is 1. The first kappa shape index (κ1) is 16.7. The highest BCUT2D eigenvalue weighted by atomic mass is 19.1. The van der Waals surface area contributed by atoms with Crippen LogP contribution in [0, 0.1) is 17.1 Å². The van der Waals surface area contributed by atoms with Crippen LogP contribution in [0.5, 0.6) is 0 Å². The predicted octanol–water partition coefficient (Wildman–Crippen LogP) is 0.483. The molecule has 2 fully saturated rings. The Morgan fingerprint density at radius 3 is 2.46 bits per heavy atom. The number of nitrogens with one attached hydrogen (secondary N) is 2. The van der Waals surface area contributed by atoms with Gasteiger partial charge in [0.25, 0.3) is 5.91 Å². The number of nitrogens with zero attached hydrogens (tertiary/aromatic N) is 2. The summed E-state index contributed by atoms with van der Waals surface area (Å²) in [4.78, 5) is 15.7. The van der Waals surface area contributed by atoms with E-state index in [1.807, 2.05) is 0 Å². The van der Waals surface area contributed by atoms with Gasteiger partial charge in [-0.1, -0.05) is 0 Å². The summed E-state index contributed by atoms with van der Waals surface area (Å²) in [7, 11) is 0. The molecule has 1 aliphatic carbocycles. The molecule has 0 atom stereocenters. The van der Waals surface area contributed by atoms with Gasteiger partial charge in [-0.25, -0.2) is 4.39 Å². The number of halogens is 1. The Morgan fingerprint density at radius 2 is 1.88 bits per heavy atom. The van der Waals surface area contributed by atoms with Gasteiger partial charge in [0.1, 0.15) is 11.4 Å². The van der Waals surface area contributed by atoms with Gasteiger partial charge in [0.05, 0.1) is 32.2 Å². The molecule has 1 saturated carbocycles. The molecule has 0 radical (unpaired) electrons. The first-order chi connectivity index (χ1) is 11.6. The molecule has 2 aliphatic rings. The number of piperazine rings is 1. The highest BCUT2D eigenvalue weighted by Crippen LogP contribution is 2.28. The van der Waals surface area contributed by atoms with Crippen LogP contribution in [0.3, 0.4) is 0 Å². The Balaban J connectivity index is 1.47. The monoisotopic (exact) mass is 331 g/mol. The fourth-order valence-electron chi connectivity index (χ4n) is 3.69. The van der Waals surface area contributed by atoms with Crippen LogP contribution in [-0.4, -0.2) is 44.2 Å². The molecule has 1 aliphatic heterocycles. The van der Waals surface area contributed by atoms with Crippen LogP contribution in [0.25, 0.3) is 0 Å². The maximum absolute atomic E-state index is 13.0. The molecule has 0 spiro atoms. The Hall–Kier alpha value is -2.13. The summed E-state index contributed by atoms with van der Waals surface area (Å²) in [5.74, 6) is -0.248. The molecule has 1 saturated heterocycles. The standard InChI is InChI=1S/C18H23FN4O/c19-15-3-5-16(6-4-15)23-11-9-22(10-12-23)13-17(24)21-18(14-20)7-1-2-8-18/h3-6H,1-2,7-13H2,(H,21,24)/p+1. The van der Waals surface area contributed by atoms with Crippen molar-refractivity contribution in [3.05, 3.63) is 30.1 Å². The molecule has 1 amide bonds. The number of rotatable bonds is 4. The van der Waals surface area contributed by atoms with Crippen LogP contribution in [0.4, 0.5) is 10.1 Å². The van der Waals surface area contributed by atoms with Crippen molar-refractivity contribution in [1.29, 1.82) is 5.26 Å². The minimum Gasteiger partial charge on any atom is -0.360 e. The highest BCUT2D eigenvalue weighted by Gasteiger charge is 2.36. The zero-order valence-corrected chi connectivity index (χ0v) is 13.9. The highest BCUT2D eigenvalue weighted by molar-refractivity contribution is 5.78. The largest absolute Gasteiger partial charge is 0.360 e. The van der Waals surface area contributed by atoms with Crippen LogP contribution in [0.2, 0.25) is 0 Å². The number of quaternary nitrogens is 1. The van der Waals surface area contributed by atoms with Gasteiger partial charge in [0, 0.05) is 5.69 Å². The summed E-state index contributed by atoms with van der Waals surface area (Å²) < 4.78 is 13.0. The molecule has 24 heavy (non-hydrogen) atoms. The zero-order valence-electron chi connectivity index (χ0n) is 13.9. The second kappa shape index (κ2) is 7.18. The van der Waals surface area contributed by atoms with Gasteiger partial charge in [-0.15, -0.1) is 0 Å². The first-order valence-corrected chi connectivity index (χ1v) is 8.67. The van der Waals surface area contributed by atoms with E-state index in [0.717, 1.165) is 57.5 Å². The molecule has 128 valence electrons. The molecule has 2 N–H and O–H groups in total. The Morgan fingerprint density at radius 1 is 1.25 bits per heavy atom. The minimum atomic E-state index is -0.632. The third kappa shape index (κ3) is 3.85. The van der Waals surface area contributed by atoms with E-state index in [0.29, 0.717) is 6.54 Å². The third-order valence-electron chi connectivity index (χ3n) is 5.12. The molecule has 1 aromatic rings. The average molecular weight is 331 g/mol. The number of hydrogen-bond acceptors (Lipinski definition) is 3. The van der Waals surface area contributed by atoms with E-state index < -0.39 is 5.54 Å². The van der Waals surface area contributed by atoms with Crippen molar-refractivity contribution >= 4 is 11.6 Å². The lowest BCUT2D eigenvalue weighted by Crippen LogP contribution is -3.16. The van der Waals surface area contributed by atoms with Gasteiger partial charge < -0.3 is 15.1 Å². The van der Waals surface area contributed by atoms with Crippen molar-refractivity contribution < 1.29 is 14.1 Å². The third-order valence-corrected chi connectivity index (χ3v) is 5.12. The lowest BCUT2D eigenvalue weighted by atomic mass is 10.00. The topological polar surface area (TPSA) is 60.6 Å². The van der Waals surface area contributed by atoms with Gasteiger partial charge in [0.15, 0.2) is 6.54 Å². The van der Waals surface area contributed by atoms with E-state index in [4.69, 9.17) is 0 Å². The quantitative estimate of drug-likeness (QED) is 0.844. The zero-order chi connectivity index (χ0) is 17.0. The van der Waals surface area contributed by atoms with Gasteiger partial charge in [-0.3, -0.25) is 4.79 Å². The van der Waals surface area contributed by atoms with Crippen molar-refractivity contribution in [3.63, 3.8) is 0 Å². The van der Waals surface area contributed by atoms with Crippen LogP contribution in [-0.2, 0) is 4.79 Å². The number of amides is 1. The van der Waals surface area contributed by atoms with E-state index in [-0.39, 0.29) is 11.7 Å². The summed E-state index contributed by atoms with van der Waals surface area (Å²) >= 11 is 0. The fraction of sp³-hybridized carbons (Fsp3) is 0.556. The molecule has 0 aromatic heterocycles. The second-order valence-electron chi connectivity index (χ2n) is 6.84. The maximum Gasteiger partial charge on any atom is 0.276 e. The summed E-state index contributed by atoms with van der Waals surface area (Å²) in [5.41, 5.74) is 0.390. The molecule has 0 bridgehead atoms.